The highest BCUT2D eigenvalue weighted by molar-refractivity contribution is 5.97. The molecule has 0 saturated carbocycles. The van der Waals surface area contributed by atoms with Gasteiger partial charge in [-0.05, 0) is 55.2 Å². The van der Waals surface area contributed by atoms with E-state index in [9.17, 15) is 9.59 Å². The van der Waals surface area contributed by atoms with E-state index in [2.05, 4.69) is 16.4 Å². The molecular formula is C23H25N3O3. The SMILES string of the molecule is COc1ccc(NC(=O)C2CCCN2C(=O)CCc2c[nH]c3ccccc23)cc1. The Labute approximate surface area is 169 Å². The van der Waals surface area contributed by atoms with E-state index in [-0.39, 0.29) is 11.8 Å². The van der Waals surface area contributed by atoms with Gasteiger partial charge < -0.3 is 19.9 Å². The predicted octanol–water partition coefficient (Wildman–Crippen LogP) is 3.74. The quantitative estimate of drug-likeness (QED) is 0.672. The van der Waals surface area contributed by atoms with Gasteiger partial charge in [0.05, 0.1) is 7.11 Å². The fourth-order valence-corrected chi connectivity index (χ4v) is 3.96. The maximum Gasteiger partial charge on any atom is 0.247 e. The van der Waals surface area contributed by atoms with E-state index < -0.39 is 6.04 Å². The lowest BCUT2D eigenvalue weighted by atomic mass is 10.1. The zero-order valence-electron chi connectivity index (χ0n) is 16.5. The molecule has 6 nitrogen and oxygen atoms in total. The molecule has 1 saturated heterocycles. The highest BCUT2D eigenvalue weighted by Crippen LogP contribution is 2.23. The fraction of sp³-hybridized carbons (Fsp3) is 0.304. The van der Waals surface area contributed by atoms with Crippen molar-refractivity contribution in [3.05, 3.63) is 60.3 Å². The number of hydrogen-bond acceptors (Lipinski definition) is 3. The summed E-state index contributed by atoms with van der Waals surface area (Å²) in [6.45, 7) is 0.632. The number of rotatable bonds is 6. The Morgan fingerprint density at radius 2 is 1.97 bits per heavy atom. The van der Waals surface area contributed by atoms with Gasteiger partial charge >= 0.3 is 0 Å². The molecule has 29 heavy (non-hydrogen) atoms. The maximum absolute atomic E-state index is 12.8. The summed E-state index contributed by atoms with van der Waals surface area (Å²) in [4.78, 5) is 30.6. The molecule has 2 N–H and O–H groups in total. The van der Waals surface area contributed by atoms with E-state index in [0.717, 1.165) is 28.6 Å². The number of fused-ring (bicyclic) bond motifs is 1. The molecule has 1 unspecified atom stereocenters. The molecule has 1 aliphatic rings. The van der Waals surface area contributed by atoms with Crippen molar-refractivity contribution >= 4 is 28.4 Å². The number of H-pyrrole nitrogens is 1. The molecule has 4 rings (SSSR count). The van der Waals surface area contributed by atoms with Crippen molar-refractivity contribution in [2.45, 2.75) is 31.7 Å². The summed E-state index contributed by atoms with van der Waals surface area (Å²) < 4.78 is 5.14. The number of para-hydroxylation sites is 1. The molecule has 0 spiro atoms. The van der Waals surface area contributed by atoms with Crippen molar-refractivity contribution in [2.24, 2.45) is 0 Å². The van der Waals surface area contributed by atoms with Gasteiger partial charge in [-0.25, -0.2) is 0 Å². The number of aromatic nitrogens is 1. The monoisotopic (exact) mass is 391 g/mol. The predicted molar refractivity (Wildman–Crippen MR) is 113 cm³/mol. The normalized spacial score (nSPS) is 16.2. The van der Waals surface area contributed by atoms with Crippen molar-refractivity contribution < 1.29 is 14.3 Å². The molecule has 2 amide bonds. The number of amides is 2. The van der Waals surface area contributed by atoms with E-state index in [4.69, 9.17) is 4.74 Å². The van der Waals surface area contributed by atoms with Crippen molar-refractivity contribution in [1.82, 2.24) is 9.88 Å². The highest BCUT2D eigenvalue weighted by atomic mass is 16.5. The van der Waals surface area contributed by atoms with Gasteiger partial charge in [-0.2, -0.15) is 0 Å². The number of methoxy groups -OCH3 is 1. The molecule has 1 fully saturated rings. The minimum atomic E-state index is -0.410. The van der Waals surface area contributed by atoms with Crippen LogP contribution in [0.15, 0.2) is 54.7 Å². The minimum absolute atomic E-state index is 0.0302. The molecule has 0 aliphatic carbocycles. The molecule has 150 valence electrons. The standard InChI is InChI=1S/C23H25N3O3/c1-29-18-11-9-17(10-12-18)25-23(28)21-7-4-14-26(21)22(27)13-8-16-15-24-20-6-3-2-5-19(16)20/h2-3,5-6,9-12,15,21,24H,4,7-8,13-14H2,1H3,(H,25,28). The Morgan fingerprint density at radius 3 is 2.76 bits per heavy atom. The van der Waals surface area contributed by atoms with Crippen molar-refractivity contribution in [2.75, 3.05) is 19.0 Å². The van der Waals surface area contributed by atoms with Crippen molar-refractivity contribution in [1.29, 1.82) is 0 Å². The van der Waals surface area contributed by atoms with Gasteiger partial charge in [-0.3, -0.25) is 9.59 Å². The van der Waals surface area contributed by atoms with Gasteiger partial charge in [-0.15, -0.1) is 0 Å². The molecule has 1 aromatic heterocycles. The van der Waals surface area contributed by atoms with Crippen molar-refractivity contribution in [3.8, 4) is 5.75 Å². The molecule has 1 atom stereocenters. The van der Waals surface area contributed by atoms with Gasteiger partial charge in [0.15, 0.2) is 0 Å². The second kappa shape index (κ2) is 8.39. The fourth-order valence-electron chi connectivity index (χ4n) is 3.96. The molecule has 0 bridgehead atoms. The van der Waals surface area contributed by atoms with Crippen LogP contribution in [0.3, 0.4) is 0 Å². The third kappa shape index (κ3) is 4.11. The number of nitrogens with one attached hydrogen (secondary N) is 2. The van der Waals surface area contributed by atoms with E-state index in [1.165, 1.54) is 0 Å². The van der Waals surface area contributed by atoms with Crippen LogP contribution in [0, 0.1) is 0 Å². The van der Waals surface area contributed by atoms with Gasteiger partial charge in [0.2, 0.25) is 11.8 Å². The number of likely N-dealkylation sites (tertiary alicyclic amines) is 1. The Balaban J connectivity index is 1.37. The first kappa shape index (κ1) is 19.1. The van der Waals surface area contributed by atoms with Crippen LogP contribution >= 0.6 is 0 Å². The second-order valence-corrected chi connectivity index (χ2v) is 7.32. The summed E-state index contributed by atoms with van der Waals surface area (Å²) in [6, 6.07) is 14.9. The maximum atomic E-state index is 12.8. The van der Waals surface area contributed by atoms with Crippen molar-refractivity contribution in [3.63, 3.8) is 0 Å². The Morgan fingerprint density at radius 1 is 1.17 bits per heavy atom. The largest absolute Gasteiger partial charge is 0.497 e. The average Bonchev–Trinajstić information content (AvgIpc) is 3.40. The number of aromatic amines is 1. The Hall–Kier alpha value is -3.28. The third-order valence-corrected chi connectivity index (χ3v) is 5.52. The number of carbonyl (C=O) groups excluding carboxylic acids is 2. The summed E-state index contributed by atoms with van der Waals surface area (Å²) in [6.07, 6.45) is 4.57. The van der Waals surface area contributed by atoms with Crippen LogP contribution in [0.2, 0.25) is 0 Å². The number of carbonyl (C=O) groups is 2. The van der Waals surface area contributed by atoms with Gasteiger partial charge in [-0.1, -0.05) is 18.2 Å². The van der Waals surface area contributed by atoms with E-state index >= 15 is 0 Å². The number of anilines is 1. The Kier molecular flexibility index (Phi) is 5.51. The van der Waals surface area contributed by atoms with Crippen LogP contribution in [0.1, 0.15) is 24.8 Å². The van der Waals surface area contributed by atoms with E-state index in [1.54, 1.807) is 36.3 Å². The second-order valence-electron chi connectivity index (χ2n) is 7.32. The van der Waals surface area contributed by atoms with E-state index in [0.29, 0.717) is 31.5 Å². The Bertz CT molecular complexity index is 1010. The third-order valence-electron chi connectivity index (χ3n) is 5.52. The number of nitrogens with zero attached hydrogens (tertiary/aromatic N) is 1. The summed E-state index contributed by atoms with van der Waals surface area (Å²) >= 11 is 0. The molecule has 1 aliphatic heterocycles. The molecular weight excluding hydrogens is 366 g/mol. The number of aryl methyl sites for hydroxylation is 1. The summed E-state index contributed by atoms with van der Waals surface area (Å²) in [5.41, 5.74) is 2.91. The lowest BCUT2D eigenvalue weighted by molar-refractivity contribution is -0.136. The zero-order valence-corrected chi connectivity index (χ0v) is 16.5. The van der Waals surface area contributed by atoms with Crippen LogP contribution in [-0.2, 0) is 16.0 Å². The zero-order chi connectivity index (χ0) is 20.2. The summed E-state index contributed by atoms with van der Waals surface area (Å²) in [7, 11) is 1.60. The van der Waals surface area contributed by atoms with E-state index in [1.807, 2.05) is 24.4 Å². The first-order chi connectivity index (χ1) is 14.2. The summed E-state index contributed by atoms with van der Waals surface area (Å²) in [5.74, 6) is 0.633. The highest BCUT2D eigenvalue weighted by Gasteiger charge is 2.33. The molecule has 3 aromatic rings. The number of ether oxygens (including phenoxy) is 1. The van der Waals surface area contributed by atoms with Gasteiger partial charge in [0.25, 0.3) is 0 Å². The number of benzene rings is 2. The number of hydrogen-bond donors (Lipinski definition) is 2. The molecule has 2 aromatic carbocycles. The van der Waals surface area contributed by atoms with Crippen LogP contribution in [0.4, 0.5) is 5.69 Å². The average molecular weight is 391 g/mol. The first-order valence-corrected chi connectivity index (χ1v) is 9.95. The molecule has 2 heterocycles. The first-order valence-electron chi connectivity index (χ1n) is 9.95. The van der Waals surface area contributed by atoms with Crippen LogP contribution in [-0.4, -0.2) is 41.4 Å². The minimum Gasteiger partial charge on any atom is -0.497 e. The summed E-state index contributed by atoms with van der Waals surface area (Å²) in [5, 5.41) is 4.07. The molecule has 6 heteroatoms. The smallest absolute Gasteiger partial charge is 0.247 e. The topological polar surface area (TPSA) is 74.4 Å². The van der Waals surface area contributed by atoms with Crippen LogP contribution in [0.25, 0.3) is 10.9 Å². The van der Waals surface area contributed by atoms with Gasteiger partial charge in [0.1, 0.15) is 11.8 Å². The lowest BCUT2D eigenvalue weighted by Crippen LogP contribution is -2.43. The van der Waals surface area contributed by atoms with Gasteiger partial charge in [0, 0.05) is 35.8 Å². The molecule has 0 radical (unpaired) electrons. The van der Waals surface area contributed by atoms with Crippen LogP contribution < -0.4 is 10.1 Å². The lowest BCUT2D eigenvalue weighted by Gasteiger charge is -2.24. The van der Waals surface area contributed by atoms with Crippen LogP contribution in [0.5, 0.6) is 5.75 Å².